The molecule has 3 heteroatoms. The van der Waals surface area contributed by atoms with Crippen LogP contribution in [0.5, 0.6) is 0 Å². The molecule has 9 aromatic rings. The normalized spacial score (nSPS) is 11.9. The molecule has 0 atom stereocenters. The lowest BCUT2D eigenvalue weighted by atomic mass is 9.99. The highest BCUT2D eigenvalue weighted by Crippen LogP contribution is 2.42. The Kier molecular flexibility index (Phi) is 4.61. The van der Waals surface area contributed by atoms with Gasteiger partial charge in [-0.3, -0.25) is 4.57 Å². The van der Waals surface area contributed by atoms with Gasteiger partial charge in [0, 0.05) is 32.8 Å². The number of fused-ring (bicyclic) bond motifs is 8. The highest BCUT2D eigenvalue weighted by atomic mass is 16.3. The summed E-state index contributed by atoms with van der Waals surface area (Å²) in [6.07, 6.45) is 0. The van der Waals surface area contributed by atoms with Gasteiger partial charge in [0.05, 0.1) is 10.9 Å². The smallest absolute Gasteiger partial charge is 0.213 e. The lowest BCUT2D eigenvalue weighted by molar-refractivity contribution is 0.645. The zero-order chi connectivity index (χ0) is 26.9. The van der Waals surface area contributed by atoms with E-state index < -0.39 is 0 Å². The molecule has 0 fully saturated rings. The Balaban J connectivity index is 1.28. The minimum absolute atomic E-state index is 0.870. The van der Waals surface area contributed by atoms with Crippen LogP contribution in [-0.2, 0) is 0 Å². The first-order chi connectivity index (χ1) is 20.3. The van der Waals surface area contributed by atoms with Crippen LogP contribution in [0.2, 0.25) is 0 Å². The summed E-state index contributed by atoms with van der Waals surface area (Å²) >= 11 is 0. The van der Waals surface area contributed by atoms with Gasteiger partial charge in [-0.25, -0.2) is 0 Å². The molecule has 0 aliphatic rings. The fraction of sp³-hybridized carbons (Fsp3) is 0. The number of benzene rings is 6. The van der Waals surface area contributed by atoms with E-state index >= 15 is 0 Å². The maximum absolute atomic E-state index is 6.46. The van der Waals surface area contributed by atoms with E-state index in [0.717, 1.165) is 77.5 Å². The minimum atomic E-state index is 0.870. The SMILES string of the molecule is c1ccc(-c2cccc3c2oc2ccc(-c4ccc5c(c4)c4c6ccccc6oc4n5-c4ccccc4)cc23)cc1. The van der Waals surface area contributed by atoms with Crippen LogP contribution in [0.25, 0.3) is 82.9 Å². The van der Waals surface area contributed by atoms with Crippen LogP contribution in [0.15, 0.2) is 148 Å². The van der Waals surface area contributed by atoms with Gasteiger partial charge in [-0.15, -0.1) is 0 Å². The summed E-state index contributed by atoms with van der Waals surface area (Å²) in [4.78, 5) is 0. The molecule has 0 bridgehead atoms. The number of hydrogen-bond acceptors (Lipinski definition) is 2. The average molecular weight is 526 g/mol. The number of aromatic nitrogens is 1. The zero-order valence-corrected chi connectivity index (χ0v) is 22.0. The van der Waals surface area contributed by atoms with Gasteiger partial charge < -0.3 is 8.83 Å². The van der Waals surface area contributed by atoms with Crippen molar-refractivity contribution in [3.8, 4) is 27.9 Å². The maximum Gasteiger partial charge on any atom is 0.213 e. The number of para-hydroxylation sites is 3. The number of nitrogens with zero attached hydrogens (tertiary/aromatic N) is 1. The van der Waals surface area contributed by atoms with Gasteiger partial charge in [-0.1, -0.05) is 97.1 Å². The van der Waals surface area contributed by atoms with Gasteiger partial charge in [-0.05, 0) is 59.2 Å². The Bertz CT molecular complexity index is 2410. The molecule has 0 aliphatic carbocycles. The number of rotatable bonds is 3. The van der Waals surface area contributed by atoms with Crippen LogP contribution in [-0.4, -0.2) is 4.57 Å². The molecule has 41 heavy (non-hydrogen) atoms. The second-order valence-electron chi connectivity index (χ2n) is 10.5. The molecule has 0 amide bonds. The fourth-order valence-corrected chi connectivity index (χ4v) is 6.33. The highest BCUT2D eigenvalue weighted by molar-refractivity contribution is 6.20. The van der Waals surface area contributed by atoms with E-state index in [2.05, 4.69) is 120 Å². The molecule has 0 N–H and O–H groups in total. The molecular formula is C38H23NO2. The van der Waals surface area contributed by atoms with E-state index in [-0.39, 0.29) is 0 Å². The molecule has 192 valence electrons. The summed E-state index contributed by atoms with van der Waals surface area (Å²) in [5, 5.41) is 5.70. The van der Waals surface area contributed by atoms with Crippen molar-refractivity contribution in [2.24, 2.45) is 0 Å². The first kappa shape index (κ1) is 22.3. The number of furan rings is 2. The van der Waals surface area contributed by atoms with Crippen LogP contribution in [0.3, 0.4) is 0 Å². The quantitative estimate of drug-likeness (QED) is 0.230. The predicted molar refractivity (Wildman–Crippen MR) is 169 cm³/mol. The van der Waals surface area contributed by atoms with Gasteiger partial charge in [-0.2, -0.15) is 0 Å². The molecule has 3 aromatic heterocycles. The van der Waals surface area contributed by atoms with Crippen LogP contribution < -0.4 is 0 Å². The highest BCUT2D eigenvalue weighted by Gasteiger charge is 2.20. The predicted octanol–water partition coefficient (Wildman–Crippen LogP) is 10.8. The standard InChI is InChI=1S/C38H23NO2/c1-3-10-24(11-4-1)28-15-9-16-29-31-22-26(19-21-35(31)40-37(28)29)25-18-20-33-32(23-25)36-30-14-7-8-17-34(30)41-38(36)39(33)27-12-5-2-6-13-27/h1-23H. The molecule has 9 rings (SSSR count). The minimum Gasteiger partial charge on any atom is -0.455 e. The van der Waals surface area contributed by atoms with Gasteiger partial charge >= 0.3 is 0 Å². The Hall–Kier alpha value is -5.54. The molecule has 0 aliphatic heterocycles. The van der Waals surface area contributed by atoms with E-state index in [1.165, 1.54) is 5.39 Å². The molecule has 0 spiro atoms. The summed E-state index contributed by atoms with van der Waals surface area (Å²) in [6.45, 7) is 0. The van der Waals surface area contributed by atoms with Crippen molar-refractivity contribution in [1.29, 1.82) is 0 Å². The molecule has 3 heterocycles. The molecule has 0 saturated heterocycles. The Morgan fingerprint density at radius 1 is 0.439 bits per heavy atom. The summed E-state index contributed by atoms with van der Waals surface area (Å²) in [5.74, 6) is 0. The molecule has 0 saturated carbocycles. The lowest BCUT2D eigenvalue weighted by Crippen LogP contribution is -1.92. The third-order valence-electron chi connectivity index (χ3n) is 8.22. The first-order valence-corrected chi connectivity index (χ1v) is 13.9. The largest absolute Gasteiger partial charge is 0.455 e. The van der Waals surface area contributed by atoms with E-state index in [4.69, 9.17) is 8.83 Å². The number of hydrogen-bond donors (Lipinski definition) is 0. The van der Waals surface area contributed by atoms with Crippen molar-refractivity contribution < 1.29 is 8.83 Å². The Morgan fingerprint density at radius 2 is 1.12 bits per heavy atom. The van der Waals surface area contributed by atoms with Crippen LogP contribution >= 0.6 is 0 Å². The van der Waals surface area contributed by atoms with Crippen molar-refractivity contribution in [1.82, 2.24) is 4.57 Å². The van der Waals surface area contributed by atoms with E-state index in [0.29, 0.717) is 0 Å². The molecule has 0 unspecified atom stereocenters. The Labute approximate surface area is 235 Å². The van der Waals surface area contributed by atoms with Gasteiger partial charge in [0.15, 0.2) is 0 Å². The second kappa shape index (κ2) is 8.48. The van der Waals surface area contributed by atoms with E-state index in [1.54, 1.807) is 0 Å². The summed E-state index contributed by atoms with van der Waals surface area (Å²) in [6, 6.07) is 48.8. The van der Waals surface area contributed by atoms with Crippen molar-refractivity contribution in [3.63, 3.8) is 0 Å². The summed E-state index contributed by atoms with van der Waals surface area (Å²) in [7, 11) is 0. The van der Waals surface area contributed by atoms with Gasteiger partial charge in [0.25, 0.3) is 0 Å². The first-order valence-electron chi connectivity index (χ1n) is 13.9. The van der Waals surface area contributed by atoms with E-state index in [1.807, 2.05) is 24.3 Å². The molecule has 0 radical (unpaired) electrons. The van der Waals surface area contributed by atoms with Crippen LogP contribution in [0, 0.1) is 0 Å². The lowest BCUT2D eigenvalue weighted by Gasteiger charge is -2.07. The monoisotopic (exact) mass is 525 g/mol. The van der Waals surface area contributed by atoms with Crippen LogP contribution in [0.1, 0.15) is 0 Å². The zero-order valence-electron chi connectivity index (χ0n) is 22.0. The summed E-state index contributed by atoms with van der Waals surface area (Å²) in [5.41, 5.74) is 10.4. The molecule has 6 aromatic carbocycles. The van der Waals surface area contributed by atoms with Crippen molar-refractivity contribution in [3.05, 3.63) is 140 Å². The molecular weight excluding hydrogens is 502 g/mol. The van der Waals surface area contributed by atoms with Crippen molar-refractivity contribution >= 4 is 54.9 Å². The van der Waals surface area contributed by atoms with Gasteiger partial charge in [0.2, 0.25) is 5.71 Å². The van der Waals surface area contributed by atoms with E-state index in [9.17, 15) is 0 Å². The second-order valence-corrected chi connectivity index (χ2v) is 10.5. The van der Waals surface area contributed by atoms with Crippen LogP contribution in [0.4, 0.5) is 0 Å². The average Bonchev–Trinajstić information content (AvgIpc) is 3.70. The summed E-state index contributed by atoms with van der Waals surface area (Å²) < 4.78 is 15.1. The third-order valence-corrected chi connectivity index (χ3v) is 8.22. The Morgan fingerprint density at radius 3 is 1.98 bits per heavy atom. The van der Waals surface area contributed by atoms with Crippen molar-refractivity contribution in [2.75, 3.05) is 0 Å². The topological polar surface area (TPSA) is 31.2 Å². The van der Waals surface area contributed by atoms with Gasteiger partial charge in [0.1, 0.15) is 16.7 Å². The third kappa shape index (κ3) is 3.26. The molecule has 3 nitrogen and oxygen atoms in total. The maximum atomic E-state index is 6.46. The fourth-order valence-electron chi connectivity index (χ4n) is 6.33. The van der Waals surface area contributed by atoms with Crippen molar-refractivity contribution in [2.45, 2.75) is 0 Å².